The molecule has 0 bridgehead atoms. The summed E-state index contributed by atoms with van der Waals surface area (Å²) in [6.45, 7) is 0.780. The van der Waals surface area contributed by atoms with Crippen molar-refractivity contribution >= 4 is 29.7 Å². The van der Waals surface area contributed by atoms with Crippen LogP contribution in [0.4, 0.5) is 4.79 Å². The standard InChI is InChI=1S/C33H45N7O8/c1-36(23-11-7-12-23)32(45)27-14-8-15-39(27)28(42)22-48-29-21-26(35-40(29)24-9-3-2-4-10-24)30(43)34-25(13-5-6-20-41)31(44)37-16-18-38(19-17-37)33(46)47/h2-4,9-10,21,23,25,27,41H,5-8,11-20,22H2,1H3,(H,34,43)(H,46,47). The van der Waals surface area contributed by atoms with Crippen molar-refractivity contribution in [3.63, 3.8) is 0 Å². The molecule has 48 heavy (non-hydrogen) atoms. The first-order chi connectivity index (χ1) is 23.2. The van der Waals surface area contributed by atoms with Crippen LogP contribution in [0.25, 0.3) is 5.69 Å². The molecule has 0 spiro atoms. The summed E-state index contributed by atoms with van der Waals surface area (Å²) in [4.78, 5) is 71.1. The molecule has 2 aliphatic heterocycles. The summed E-state index contributed by atoms with van der Waals surface area (Å²) in [5.74, 6) is -1.21. The summed E-state index contributed by atoms with van der Waals surface area (Å²) in [6, 6.07) is 9.15. The van der Waals surface area contributed by atoms with Crippen molar-refractivity contribution < 1.29 is 38.9 Å². The number of nitrogens with zero attached hydrogens (tertiary/aromatic N) is 6. The highest BCUT2D eigenvalue weighted by Gasteiger charge is 2.38. The minimum atomic E-state index is -1.05. The Balaban J connectivity index is 1.29. The molecule has 1 aromatic heterocycles. The molecule has 3 fully saturated rings. The van der Waals surface area contributed by atoms with Crippen molar-refractivity contribution in [2.24, 2.45) is 0 Å². The van der Waals surface area contributed by atoms with E-state index in [1.54, 1.807) is 41.1 Å². The zero-order valence-corrected chi connectivity index (χ0v) is 27.3. The van der Waals surface area contributed by atoms with Crippen LogP contribution in [0.1, 0.15) is 61.9 Å². The van der Waals surface area contributed by atoms with Crippen LogP contribution in [0.3, 0.4) is 0 Å². The number of aromatic nitrogens is 2. The normalized spacial score (nSPS) is 18.6. The fourth-order valence-corrected chi connectivity index (χ4v) is 6.35. The van der Waals surface area contributed by atoms with Crippen LogP contribution < -0.4 is 10.1 Å². The van der Waals surface area contributed by atoms with Gasteiger partial charge in [-0.3, -0.25) is 19.2 Å². The second kappa shape index (κ2) is 16.0. The van der Waals surface area contributed by atoms with E-state index in [4.69, 9.17) is 4.74 Å². The minimum absolute atomic E-state index is 0.0340. The van der Waals surface area contributed by atoms with E-state index in [0.717, 1.165) is 25.7 Å². The Morgan fingerprint density at radius 1 is 0.979 bits per heavy atom. The van der Waals surface area contributed by atoms with Gasteiger partial charge in [-0.05, 0) is 63.5 Å². The van der Waals surface area contributed by atoms with Gasteiger partial charge in [0.15, 0.2) is 12.3 Å². The molecule has 5 amide bonds. The largest absolute Gasteiger partial charge is 0.467 e. The van der Waals surface area contributed by atoms with E-state index in [9.17, 15) is 34.2 Å². The Labute approximate surface area is 279 Å². The molecule has 3 N–H and O–H groups in total. The molecule has 1 saturated carbocycles. The van der Waals surface area contributed by atoms with E-state index >= 15 is 0 Å². The average molecular weight is 668 g/mol. The van der Waals surface area contributed by atoms with Gasteiger partial charge in [0.2, 0.25) is 17.7 Å². The van der Waals surface area contributed by atoms with Crippen LogP contribution in [0, 0.1) is 0 Å². The number of hydrogen-bond acceptors (Lipinski definition) is 8. The van der Waals surface area contributed by atoms with E-state index < -0.39 is 24.1 Å². The molecule has 5 rings (SSSR count). The molecule has 2 saturated heterocycles. The quantitative estimate of drug-likeness (QED) is 0.266. The predicted octanol–water partition coefficient (Wildman–Crippen LogP) is 1.34. The van der Waals surface area contributed by atoms with Crippen LogP contribution in [-0.2, 0) is 14.4 Å². The molecule has 15 heteroatoms. The van der Waals surface area contributed by atoms with Gasteiger partial charge in [0.25, 0.3) is 11.8 Å². The maximum Gasteiger partial charge on any atom is 0.407 e. The molecule has 2 aromatic rings. The first kappa shape index (κ1) is 34.7. The van der Waals surface area contributed by atoms with Gasteiger partial charge in [-0.1, -0.05) is 18.2 Å². The lowest BCUT2D eigenvalue weighted by Crippen LogP contribution is -2.55. The SMILES string of the molecule is CN(C(=O)C1CCCN1C(=O)COc1cc(C(=O)NC(CCCCO)C(=O)N2CCN(C(=O)O)CC2)nn1-c1ccccc1)C1CCC1. The third kappa shape index (κ3) is 8.06. The molecule has 15 nitrogen and oxygen atoms in total. The van der Waals surface area contributed by atoms with Gasteiger partial charge in [0.1, 0.15) is 12.1 Å². The second-order valence-corrected chi connectivity index (χ2v) is 12.5. The number of hydrogen-bond donors (Lipinski definition) is 3. The van der Waals surface area contributed by atoms with Gasteiger partial charge in [-0.15, -0.1) is 0 Å². The summed E-state index contributed by atoms with van der Waals surface area (Å²) in [5.41, 5.74) is 0.551. The number of likely N-dealkylation sites (N-methyl/N-ethyl adjacent to an activating group) is 1. The summed E-state index contributed by atoms with van der Waals surface area (Å²) in [7, 11) is 1.80. The fourth-order valence-electron chi connectivity index (χ4n) is 6.35. The maximum atomic E-state index is 13.6. The van der Waals surface area contributed by atoms with Crippen molar-refractivity contribution in [2.75, 3.05) is 53.0 Å². The highest BCUT2D eigenvalue weighted by atomic mass is 16.5. The summed E-state index contributed by atoms with van der Waals surface area (Å²) in [6.07, 6.45) is 4.53. The number of benzene rings is 1. The number of likely N-dealkylation sites (tertiary alicyclic amines) is 1. The minimum Gasteiger partial charge on any atom is -0.467 e. The number of carbonyl (C=O) groups excluding carboxylic acids is 4. The number of aliphatic hydroxyl groups excluding tert-OH is 1. The third-order valence-corrected chi connectivity index (χ3v) is 9.45. The number of aliphatic hydroxyl groups is 1. The van der Waals surface area contributed by atoms with E-state index in [2.05, 4.69) is 10.4 Å². The summed E-state index contributed by atoms with van der Waals surface area (Å²) in [5, 5.41) is 25.8. The molecule has 3 heterocycles. The van der Waals surface area contributed by atoms with Crippen molar-refractivity contribution in [2.45, 2.75) is 69.5 Å². The lowest BCUT2D eigenvalue weighted by molar-refractivity contribution is -0.146. The molecule has 0 radical (unpaired) electrons. The van der Waals surface area contributed by atoms with Crippen LogP contribution >= 0.6 is 0 Å². The number of piperazine rings is 1. The zero-order chi connectivity index (χ0) is 34.2. The van der Waals surface area contributed by atoms with Crippen molar-refractivity contribution in [3.05, 3.63) is 42.1 Å². The highest BCUT2D eigenvalue weighted by Crippen LogP contribution is 2.27. The van der Waals surface area contributed by atoms with Gasteiger partial charge in [0.05, 0.1) is 5.69 Å². The average Bonchev–Trinajstić information content (AvgIpc) is 3.74. The first-order valence-electron chi connectivity index (χ1n) is 16.7. The van der Waals surface area contributed by atoms with E-state index in [-0.39, 0.29) is 81.2 Å². The van der Waals surface area contributed by atoms with E-state index in [0.29, 0.717) is 31.5 Å². The van der Waals surface area contributed by atoms with Crippen molar-refractivity contribution in [1.82, 2.24) is 34.7 Å². The number of nitrogens with one attached hydrogen (secondary N) is 1. The number of carboxylic acid groups (broad SMARTS) is 1. The lowest BCUT2D eigenvalue weighted by atomic mass is 9.91. The Kier molecular flexibility index (Phi) is 11.5. The number of para-hydroxylation sites is 1. The molecular weight excluding hydrogens is 622 g/mol. The Hall–Kier alpha value is -4.66. The number of unbranched alkanes of at least 4 members (excludes halogenated alkanes) is 1. The van der Waals surface area contributed by atoms with Gasteiger partial charge >= 0.3 is 6.09 Å². The van der Waals surface area contributed by atoms with E-state index in [1.165, 1.54) is 20.5 Å². The molecule has 3 aliphatic rings. The number of amides is 5. The number of carbonyl (C=O) groups is 5. The van der Waals surface area contributed by atoms with Crippen molar-refractivity contribution in [1.29, 1.82) is 0 Å². The maximum absolute atomic E-state index is 13.6. The highest BCUT2D eigenvalue weighted by molar-refractivity contribution is 5.96. The van der Waals surface area contributed by atoms with Crippen LogP contribution in [0.15, 0.2) is 36.4 Å². The lowest BCUT2D eigenvalue weighted by Gasteiger charge is -2.37. The molecule has 2 atom stereocenters. The topological polar surface area (TPSA) is 178 Å². The smallest absolute Gasteiger partial charge is 0.407 e. The van der Waals surface area contributed by atoms with Crippen LogP contribution in [0.5, 0.6) is 5.88 Å². The Morgan fingerprint density at radius 3 is 2.33 bits per heavy atom. The molecule has 2 unspecified atom stereocenters. The van der Waals surface area contributed by atoms with Crippen LogP contribution in [0.2, 0.25) is 0 Å². The Bertz CT molecular complexity index is 1450. The summed E-state index contributed by atoms with van der Waals surface area (Å²) < 4.78 is 7.38. The zero-order valence-electron chi connectivity index (χ0n) is 27.3. The van der Waals surface area contributed by atoms with Gasteiger partial charge in [-0.2, -0.15) is 5.10 Å². The number of rotatable bonds is 13. The van der Waals surface area contributed by atoms with E-state index in [1.807, 2.05) is 6.07 Å². The monoisotopic (exact) mass is 667 g/mol. The molecule has 1 aliphatic carbocycles. The molecule has 260 valence electrons. The third-order valence-electron chi connectivity index (χ3n) is 9.45. The second-order valence-electron chi connectivity index (χ2n) is 12.5. The summed E-state index contributed by atoms with van der Waals surface area (Å²) >= 11 is 0. The fraction of sp³-hybridized carbons (Fsp3) is 0.576. The van der Waals surface area contributed by atoms with Crippen LogP contribution in [-0.4, -0.2) is 140 Å². The molecular formula is C33H45N7O8. The number of ether oxygens (including phenoxy) is 1. The molecule has 1 aromatic carbocycles. The predicted molar refractivity (Wildman–Crippen MR) is 173 cm³/mol. The van der Waals surface area contributed by atoms with Crippen molar-refractivity contribution in [3.8, 4) is 11.6 Å². The van der Waals surface area contributed by atoms with Gasteiger partial charge < -0.3 is 39.9 Å². The van der Waals surface area contributed by atoms with Gasteiger partial charge in [-0.25, -0.2) is 9.48 Å². The Morgan fingerprint density at radius 2 is 1.69 bits per heavy atom. The van der Waals surface area contributed by atoms with Gasteiger partial charge in [0, 0.05) is 58.5 Å². The first-order valence-corrected chi connectivity index (χ1v) is 16.7.